The molecule has 3 aromatic rings. The van der Waals surface area contributed by atoms with Gasteiger partial charge < -0.3 is 14.5 Å². The summed E-state index contributed by atoms with van der Waals surface area (Å²) in [4.78, 5) is 25.0. The molecule has 1 aromatic carbocycles. The summed E-state index contributed by atoms with van der Waals surface area (Å²) in [6.45, 7) is 3.94. The average molecular weight is 432 g/mol. The van der Waals surface area contributed by atoms with Gasteiger partial charge in [0.2, 0.25) is 0 Å². The van der Waals surface area contributed by atoms with Gasteiger partial charge in [-0.3, -0.25) is 4.79 Å². The summed E-state index contributed by atoms with van der Waals surface area (Å²) in [5.74, 6) is 0.783. The molecule has 1 aliphatic heterocycles. The van der Waals surface area contributed by atoms with Crippen molar-refractivity contribution >= 4 is 11.7 Å². The van der Waals surface area contributed by atoms with Crippen LogP contribution in [0.3, 0.4) is 0 Å². The maximum absolute atomic E-state index is 12.7. The Morgan fingerprint density at radius 2 is 1.68 bits per heavy atom. The smallest absolute Gasteiger partial charge is 0.406 e. The second-order valence-electron chi connectivity index (χ2n) is 6.99. The van der Waals surface area contributed by atoms with Gasteiger partial charge in [-0.2, -0.15) is 5.10 Å². The van der Waals surface area contributed by atoms with Crippen LogP contribution in [0.1, 0.15) is 16.1 Å². The first-order valence-corrected chi connectivity index (χ1v) is 9.53. The van der Waals surface area contributed by atoms with Crippen LogP contribution >= 0.6 is 0 Å². The largest absolute Gasteiger partial charge is 0.573 e. The first kappa shape index (κ1) is 20.6. The molecule has 0 spiro atoms. The van der Waals surface area contributed by atoms with E-state index in [1.54, 1.807) is 9.58 Å². The van der Waals surface area contributed by atoms with Crippen molar-refractivity contribution in [1.29, 1.82) is 0 Å². The summed E-state index contributed by atoms with van der Waals surface area (Å²) in [7, 11) is 0. The van der Waals surface area contributed by atoms with Crippen molar-refractivity contribution in [3.8, 4) is 11.6 Å². The monoisotopic (exact) mass is 432 g/mol. The Balaban J connectivity index is 1.38. The van der Waals surface area contributed by atoms with Gasteiger partial charge in [0, 0.05) is 44.0 Å². The Labute approximate surface area is 175 Å². The number of nitrogens with zero attached hydrogens (tertiary/aromatic N) is 6. The van der Waals surface area contributed by atoms with Crippen molar-refractivity contribution < 1.29 is 22.7 Å². The highest BCUT2D eigenvalue weighted by Gasteiger charge is 2.31. The number of anilines is 1. The van der Waals surface area contributed by atoms with Crippen LogP contribution in [-0.4, -0.2) is 63.1 Å². The van der Waals surface area contributed by atoms with Crippen molar-refractivity contribution in [3.63, 3.8) is 0 Å². The van der Waals surface area contributed by atoms with E-state index < -0.39 is 6.36 Å². The summed E-state index contributed by atoms with van der Waals surface area (Å²) in [6, 6.07) is 8.65. The number of alkyl halides is 3. The van der Waals surface area contributed by atoms with Crippen LogP contribution in [0.5, 0.6) is 5.75 Å². The molecule has 31 heavy (non-hydrogen) atoms. The van der Waals surface area contributed by atoms with E-state index in [1.807, 2.05) is 30.2 Å². The number of rotatable bonds is 4. The summed E-state index contributed by atoms with van der Waals surface area (Å²) < 4.78 is 42.3. The summed E-state index contributed by atoms with van der Waals surface area (Å²) in [5.41, 5.74) is 1.19. The molecule has 0 bridgehead atoms. The van der Waals surface area contributed by atoms with Gasteiger partial charge in [0.25, 0.3) is 5.91 Å². The standard InChI is InChI=1S/C20H19F3N6O2/c1-14-6-7-29(26-14)18-12-17(24-13-25-18)27-8-10-28(11-9-27)19(30)15-2-4-16(5-3-15)31-20(21,22)23/h2-7,12-13H,8-11H2,1H3. The lowest BCUT2D eigenvalue weighted by atomic mass is 10.1. The second kappa shape index (κ2) is 8.25. The van der Waals surface area contributed by atoms with E-state index in [0.717, 1.165) is 23.6 Å². The molecule has 4 rings (SSSR count). The van der Waals surface area contributed by atoms with Gasteiger partial charge in [-0.1, -0.05) is 0 Å². The third kappa shape index (κ3) is 4.93. The van der Waals surface area contributed by atoms with Crippen molar-refractivity contribution in [1.82, 2.24) is 24.6 Å². The van der Waals surface area contributed by atoms with Gasteiger partial charge in [-0.15, -0.1) is 13.2 Å². The number of carbonyl (C=O) groups is 1. The quantitative estimate of drug-likeness (QED) is 0.631. The van der Waals surface area contributed by atoms with Gasteiger partial charge in [0.1, 0.15) is 17.9 Å². The van der Waals surface area contributed by atoms with E-state index in [4.69, 9.17) is 0 Å². The molecule has 162 valence electrons. The summed E-state index contributed by atoms with van der Waals surface area (Å²) in [6.07, 6.45) is -1.47. The van der Waals surface area contributed by atoms with Crippen LogP contribution in [0.15, 0.2) is 48.9 Å². The highest BCUT2D eigenvalue weighted by atomic mass is 19.4. The Hall–Kier alpha value is -3.63. The zero-order chi connectivity index (χ0) is 22.0. The normalized spacial score (nSPS) is 14.6. The van der Waals surface area contributed by atoms with Crippen molar-refractivity contribution in [2.45, 2.75) is 13.3 Å². The fourth-order valence-corrected chi connectivity index (χ4v) is 3.30. The minimum Gasteiger partial charge on any atom is -0.406 e. The first-order valence-electron chi connectivity index (χ1n) is 9.53. The Kier molecular flexibility index (Phi) is 5.49. The lowest BCUT2D eigenvalue weighted by molar-refractivity contribution is -0.274. The van der Waals surface area contributed by atoms with E-state index in [9.17, 15) is 18.0 Å². The molecule has 0 unspecified atom stereocenters. The third-order valence-electron chi connectivity index (χ3n) is 4.82. The van der Waals surface area contributed by atoms with E-state index in [2.05, 4.69) is 19.8 Å². The summed E-state index contributed by atoms with van der Waals surface area (Å²) in [5, 5.41) is 4.35. The number of halogens is 3. The number of aryl methyl sites for hydroxylation is 1. The molecule has 0 radical (unpaired) electrons. The molecule has 1 amide bonds. The topological polar surface area (TPSA) is 76.4 Å². The summed E-state index contributed by atoms with van der Waals surface area (Å²) >= 11 is 0. The zero-order valence-electron chi connectivity index (χ0n) is 16.6. The number of ether oxygens (including phenoxy) is 1. The number of amides is 1. The van der Waals surface area contributed by atoms with E-state index >= 15 is 0 Å². The van der Waals surface area contributed by atoms with Crippen LogP contribution in [0.25, 0.3) is 5.82 Å². The molecule has 0 atom stereocenters. The van der Waals surface area contributed by atoms with Crippen LogP contribution in [0, 0.1) is 6.92 Å². The number of hydrogen-bond donors (Lipinski definition) is 0. The molecule has 1 fully saturated rings. The SMILES string of the molecule is Cc1ccn(-c2cc(N3CCN(C(=O)c4ccc(OC(F)(F)F)cc4)CC3)ncn2)n1. The number of carbonyl (C=O) groups excluding carboxylic acids is 1. The van der Waals surface area contributed by atoms with Gasteiger partial charge in [0.05, 0.1) is 5.69 Å². The molecule has 0 aliphatic carbocycles. The van der Waals surface area contributed by atoms with Gasteiger partial charge in [-0.25, -0.2) is 14.6 Å². The average Bonchev–Trinajstić information content (AvgIpc) is 3.19. The van der Waals surface area contributed by atoms with Gasteiger partial charge >= 0.3 is 6.36 Å². The molecular formula is C20H19F3N6O2. The van der Waals surface area contributed by atoms with Crippen molar-refractivity contribution in [2.24, 2.45) is 0 Å². The molecule has 1 aliphatic rings. The number of aromatic nitrogens is 4. The maximum Gasteiger partial charge on any atom is 0.573 e. The highest BCUT2D eigenvalue weighted by molar-refractivity contribution is 5.94. The maximum atomic E-state index is 12.7. The molecule has 0 N–H and O–H groups in total. The van der Waals surface area contributed by atoms with Gasteiger partial charge in [-0.05, 0) is 37.3 Å². The Morgan fingerprint density at radius 1 is 1.00 bits per heavy atom. The lowest BCUT2D eigenvalue weighted by Crippen LogP contribution is -2.49. The fraction of sp³-hybridized carbons (Fsp3) is 0.300. The molecular weight excluding hydrogens is 413 g/mol. The molecule has 1 saturated heterocycles. The first-order chi connectivity index (χ1) is 14.8. The van der Waals surface area contributed by atoms with Crippen LogP contribution in [-0.2, 0) is 0 Å². The van der Waals surface area contributed by atoms with E-state index in [1.165, 1.54) is 18.5 Å². The molecule has 11 heteroatoms. The minimum absolute atomic E-state index is 0.242. The molecule has 8 nitrogen and oxygen atoms in total. The van der Waals surface area contributed by atoms with Crippen molar-refractivity contribution in [2.75, 3.05) is 31.1 Å². The molecule has 0 saturated carbocycles. The van der Waals surface area contributed by atoms with Crippen molar-refractivity contribution in [3.05, 3.63) is 60.2 Å². The number of benzene rings is 1. The highest BCUT2D eigenvalue weighted by Crippen LogP contribution is 2.23. The predicted octanol–water partition coefficient (Wildman–Crippen LogP) is 2.83. The molecule has 3 heterocycles. The Morgan fingerprint density at radius 3 is 2.29 bits per heavy atom. The zero-order valence-corrected chi connectivity index (χ0v) is 16.6. The lowest BCUT2D eigenvalue weighted by Gasteiger charge is -2.35. The molecule has 2 aromatic heterocycles. The van der Waals surface area contributed by atoms with Crippen LogP contribution in [0.2, 0.25) is 0 Å². The Bertz CT molecular complexity index is 1060. The van der Waals surface area contributed by atoms with E-state index in [-0.39, 0.29) is 11.7 Å². The van der Waals surface area contributed by atoms with Crippen LogP contribution in [0.4, 0.5) is 19.0 Å². The number of piperazine rings is 1. The van der Waals surface area contributed by atoms with Gasteiger partial charge in [0.15, 0.2) is 5.82 Å². The van der Waals surface area contributed by atoms with Crippen LogP contribution < -0.4 is 9.64 Å². The predicted molar refractivity (Wildman–Crippen MR) is 105 cm³/mol. The minimum atomic E-state index is -4.76. The second-order valence-corrected chi connectivity index (χ2v) is 6.99. The third-order valence-corrected chi connectivity index (χ3v) is 4.82. The van der Waals surface area contributed by atoms with E-state index in [0.29, 0.717) is 37.6 Å². The number of hydrogen-bond acceptors (Lipinski definition) is 6. The fourth-order valence-electron chi connectivity index (χ4n) is 3.30.